The van der Waals surface area contributed by atoms with E-state index >= 15 is 0 Å². The summed E-state index contributed by atoms with van der Waals surface area (Å²) in [7, 11) is 0. The van der Waals surface area contributed by atoms with Gasteiger partial charge in [-0.3, -0.25) is 9.78 Å². The van der Waals surface area contributed by atoms with Crippen LogP contribution in [-0.2, 0) is 0 Å². The monoisotopic (exact) mass is 356 g/mol. The number of H-pyrrole nitrogens is 1. The van der Waals surface area contributed by atoms with E-state index in [0.717, 1.165) is 43.3 Å². The molecule has 0 amide bonds. The highest BCUT2D eigenvalue weighted by Crippen LogP contribution is 2.22. The fraction of sp³-hybridized carbons (Fsp3) is 0.619. The number of nitrogens with one attached hydrogen (secondary N) is 1. The number of unbranched alkanes of at least 4 members (excludes halogenated alkanes) is 2. The molecule has 26 heavy (non-hydrogen) atoms. The second kappa shape index (κ2) is 9.06. The van der Waals surface area contributed by atoms with E-state index in [1.807, 2.05) is 12.1 Å². The van der Waals surface area contributed by atoms with Gasteiger partial charge in [0.2, 0.25) is 5.95 Å². The van der Waals surface area contributed by atoms with Gasteiger partial charge in [0, 0.05) is 31.9 Å². The first-order chi connectivity index (χ1) is 12.7. The van der Waals surface area contributed by atoms with Gasteiger partial charge in [0.25, 0.3) is 5.56 Å². The number of anilines is 2. The lowest BCUT2D eigenvalue weighted by atomic mass is 10.1. The first kappa shape index (κ1) is 18.7. The molecule has 1 aliphatic heterocycles. The third kappa shape index (κ3) is 4.37. The maximum absolute atomic E-state index is 12.7. The number of rotatable bonds is 8. The average Bonchev–Trinajstić information content (AvgIpc) is 2.68. The summed E-state index contributed by atoms with van der Waals surface area (Å²) in [6, 6.07) is 6.16. The summed E-state index contributed by atoms with van der Waals surface area (Å²) in [5.74, 6) is 0.726. The zero-order valence-corrected chi connectivity index (χ0v) is 16.3. The average molecular weight is 357 g/mol. The normalized spacial score (nSPS) is 14.8. The van der Waals surface area contributed by atoms with Crippen LogP contribution in [0.2, 0.25) is 0 Å². The van der Waals surface area contributed by atoms with Crippen molar-refractivity contribution in [2.24, 2.45) is 0 Å². The fourth-order valence-electron chi connectivity index (χ4n) is 3.63. The molecule has 1 saturated heterocycles. The van der Waals surface area contributed by atoms with Gasteiger partial charge < -0.3 is 9.80 Å². The van der Waals surface area contributed by atoms with Gasteiger partial charge in [-0.25, -0.2) is 4.98 Å². The Bertz CT molecular complexity index is 756. The van der Waals surface area contributed by atoms with E-state index in [4.69, 9.17) is 4.98 Å². The van der Waals surface area contributed by atoms with E-state index in [1.165, 1.54) is 44.9 Å². The number of fused-ring (bicyclic) bond motifs is 1. The summed E-state index contributed by atoms with van der Waals surface area (Å²) in [6.07, 6.45) is 8.31. The Kier molecular flexibility index (Phi) is 6.53. The highest BCUT2D eigenvalue weighted by molar-refractivity contribution is 5.82. The molecule has 0 aliphatic carbocycles. The molecule has 0 radical (unpaired) electrons. The molecule has 5 nitrogen and oxygen atoms in total. The molecule has 2 aromatic rings. The zero-order chi connectivity index (χ0) is 18.4. The van der Waals surface area contributed by atoms with Crippen molar-refractivity contribution in [1.82, 2.24) is 9.97 Å². The maximum atomic E-state index is 12.7. The predicted octanol–water partition coefficient (Wildman–Crippen LogP) is 4.32. The van der Waals surface area contributed by atoms with E-state index < -0.39 is 0 Å². The van der Waals surface area contributed by atoms with Gasteiger partial charge in [-0.2, -0.15) is 0 Å². The molecule has 5 heteroatoms. The molecule has 0 unspecified atom stereocenters. The molecular formula is C21H32N4O. The highest BCUT2D eigenvalue weighted by atomic mass is 16.1. The molecule has 1 aromatic heterocycles. The van der Waals surface area contributed by atoms with Crippen LogP contribution in [0.25, 0.3) is 10.9 Å². The zero-order valence-electron chi connectivity index (χ0n) is 16.3. The topological polar surface area (TPSA) is 52.2 Å². The molecule has 0 atom stereocenters. The van der Waals surface area contributed by atoms with E-state index in [2.05, 4.69) is 34.7 Å². The Morgan fingerprint density at radius 1 is 1.08 bits per heavy atom. The lowest BCUT2D eigenvalue weighted by Gasteiger charge is -2.27. The van der Waals surface area contributed by atoms with Crippen molar-refractivity contribution in [3.63, 3.8) is 0 Å². The second-order valence-electron chi connectivity index (χ2n) is 7.33. The summed E-state index contributed by atoms with van der Waals surface area (Å²) < 4.78 is 0. The summed E-state index contributed by atoms with van der Waals surface area (Å²) >= 11 is 0. The van der Waals surface area contributed by atoms with Crippen molar-refractivity contribution in [2.75, 3.05) is 36.0 Å². The van der Waals surface area contributed by atoms with Gasteiger partial charge >= 0.3 is 0 Å². The smallest absolute Gasteiger partial charge is 0.260 e. The van der Waals surface area contributed by atoms with Crippen LogP contribution in [0.3, 0.4) is 0 Å². The Labute approximate surface area is 156 Å². The van der Waals surface area contributed by atoms with Crippen LogP contribution >= 0.6 is 0 Å². The van der Waals surface area contributed by atoms with E-state index in [-0.39, 0.29) is 5.56 Å². The van der Waals surface area contributed by atoms with Gasteiger partial charge in [0.1, 0.15) is 0 Å². The quantitative estimate of drug-likeness (QED) is 0.765. The lowest BCUT2D eigenvalue weighted by molar-refractivity contribution is 0.568. The number of benzene rings is 1. The first-order valence-corrected chi connectivity index (χ1v) is 10.3. The van der Waals surface area contributed by atoms with Crippen molar-refractivity contribution >= 4 is 22.5 Å². The minimum absolute atomic E-state index is 0.0247. The van der Waals surface area contributed by atoms with E-state index in [9.17, 15) is 4.79 Å². The van der Waals surface area contributed by atoms with Crippen molar-refractivity contribution in [2.45, 2.75) is 58.8 Å². The van der Waals surface area contributed by atoms with Crippen molar-refractivity contribution in [3.8, 4) is 0 Å². The largest absolute Gasteiger partial charge is 0.372 e. The molecule has 2 heterocycles. The number of nitrogens with zero attached hydrogens (tertiary/aromatic N) is 3. The predicted molar refractivity (Wildman–Crippen MR) is 110 cm³/mol. The maximum Gasteiger partial charge on any atom is 0.260 e. The van der Waals surface area contributed by atoms with Crippen LogP contribution in [0, 0.1) is 0 Å². The summed E-state index contributed by atoms with van der Waals surface area (Å²) in [6.45, 7) is 8.48. The Hall–Kier alpha value is -2.04. The SMILES string of the molecule is CCCCN(CCCC)c1ccc2nc(N3CCCCC3)[nH]c(=O)c2c1. The minimum Gasteiger partial charge on any atom is -0.372 e. The highest BCUT2D eigenvalue weighted by Gasteiger charge is 2.15. The molecule has 1 N–H and O–H groups in total. The van der Waals surface area contributed by atoms with Crippen LogP contribution in [-0.4, -0.2) is 36.1 Å². The molecule has 1 aliphatic rings. The van der Waals surface area contributed by atoms with Crippen LogP contribution in [0.1, 0.15) is 58.8 Å². The van der Waals surface area contributed by atoms with Gasteiger partial charge in [0.15, 0.2) is 0 Å². The number of aromatic nitrogens is 2. The number of hydrogen-bond donors (Lipinski definition) is 1. The Morgan fingerprint density at radius 3 is 2.42 bits per heavy atom. The first-order valence-electron chi connectivity index (χ1n) is 10.3. The molecule has 3 rings (SSSR count). The van der Waals surface area contributed by atoms with Crippen LogP contribution in [0.15, 0.2) is 23.0 Å². The summed E-state index contributed by atoms with van der Waals surface area (Å²) in [5.41, 5.74) is 1.91. The fourth-order valence-corrected chi connectivity index (χ4v) is 3.63. The number of hydrogen-bond acceptors (Lipinski definition) is 4. The second-order valence-corrected chi connectivity index (χ2v) is 7.33. The summed E-state index contributed by atoms with van der Waals surface area (Å²) in [4.78, 5) is 25.1. The third-order valence-electron chi connectivity index (χ3n) is 5.26. The number of aromatic amines is 1. The van der Waals surface area contributed by atoms with Crippen LogP contribution < -0.4 is 15.4 Å². The molecule has 0 spiro atoms. The van der Waals surface area contributed by atoms with Crippen molar-refractivity contribution in [1.29, 1.82) is 0 Å². The Morgan fingerprint density at radius 2 is 1.77 bits per heavy atom. The molecule has 0 saturated carbocycles. The molecule has 1 fully saturated rings. The van der Waals surface area contributed by atoms with Gasteiger partial charge in [0.05, 0.1) is 10.9 Å². The van der Waals surface area contributed by atoms with Crippen LogP contribution in [0.5, 0.6) is 0 Å². The number of piperidine rings is 1. The van der Waals surface area contributed by atoms with Crippen molar-refractivity contribution in [3.05, 3.63) is 28.6 Å². The summed E-state index contributed by atoms with van der Waals surface area (Å²) in [5, 5.41) is 0.696. The van der Waals surface area contributed by atoms with Crippen molar-refractivity contribution < 1.29 is 0 Å². The molecule has 1 aromatic carbocycles. The molecule has 142 valence electrons. The standard InChI is InChI=1S/C21H32N4O/c1-3-5-12-24(13-6-4-2)17-10-11-19-18(16-17)20(26)23-21(22-19)25-14-8-7-9-15-25/h10-11,16H,3-9,12-15H2,1-2H3,(H,22,23,26). The third-order valence-corrected chi connectivity index (χ3v) is 5.26. The van der Waals surface area contributed by atoms with Crippen LogP contribution in [0.4, 0.5) is 11.6 Å². The van der Waals surface area contributed by atoms with E-state index in [0.29, 0.717) is 5.39 Å². The van der Waals surface area contributed by atoms with Gasteiger partial charge in [-0.05, 0) is 50.3 Å². The minimum atomic E-state index is -0.0247. The molecular weight excluding hydrogens is 324 g/mol. The van der Waals surface area contributed by atoms with Gasteiger partial charge in [-0.15, -0.1) is 0 Å². The van der Waals surface area contributed by atoms with Gasteiger partial charge in [-0.1, -0.05) is 26.7 Å². The lowest BCUT2D eigenvalue weighted by Crippen LogP contribution is -2.32. The Balaban J connectivity index is 1.89. The van der Waals surface area contributed by atoms with E-state index in [1.54, 1.807) is 0 Å². The molecule has 0 bridgehead atoms.